The highest BCUT2D eigenvalue weighted by Crippen LogP contribution is 2.43. The second-order valence-corrected chi connectivity index (χ2v) is 17.8. The van der Waals surface area contributed by atoms with Crippen molar-refractivity contribution in [2.75, 3.05) is 9.80 Å². The minimum Gasteiger partial charge on any atom is -0.456 e. The van der Waals surface area contributed by atoms with Gasteiger partial charge in [0, 0.05) is 61.4 Å². The fourth-order valence-electron chi connectivity index (χ4n) is 10.2. The van der Waals surface area contributed by atoms with Crippen LogP contribution in [0, 0.1) is 0 Å². The van der Waals surface area contributed by atoms with Crippen molar-refractivity contribution in [2.24, 2.45) is 0 Å². The molecule has 4 heteroatoms. The molecular weight excluding hydrogens is 851 g/mol. The van der Waals surface area contributed by atoms with Crippen molar-refractivity contribution in [1.29, 1.82) is 0 Å². The summed E-state index contributed by atoms with van der Waals surface area (Å²) in [6, 6.07) is 97.9. The highest BCUT2D eigenvalue weighted by atomic mass is 16.3. The lowest BCUT2D eigenvalue weighted by atomic mass is 9.93. The molecule has 0 saturated carbocycles. The molecule has 0 bridgehead atoms. The van der Waals surface area contributed by atoms with Crippen LogP contribution in [-0.4, -0.2) is 4.57 Å². The molecule has 4 nitrogen and oxygen atoms in total. The van der Waals surface area contributed by atoms with E-state index in [2.05, 4.69) is 275 Å². The van der Waals surface area contributed by atoms with Crippen molar-refractivity contribution >= 4 is 77.9 Å². The fraction of sp³-hybridized carbons (Fsp3) is 0. The maximum Gasteiger partial charge on any atom is 0.135 e. The van der Waals surface area contributed by atoms with Crippen molar-refractivity contribution in [2.45, 2.75) is 0 Å². The highest BCUT2D eigenvalue weighted by Gasteiger charge is 2.19. The molecule has 0 spiro atoms. The summed E-state index contributed by atoms with van der Waals surface area (Å²) in [6.07, 6.45) is 0. The van der Waals surface area contributed by atoms with Gasteiger partial charge in [0.05, 0.1) is 11.0 Å². The molecule has 0 fully saturated rings. The predicted octanol–water partition coefficient (Wildman–Crippen LogP) is 18.6. The van der Waals surface area contributed by atoms with Gasteiger partial charge in [-0.05, 0) is 161 Å². The number of anilines is 6. The van der Waals surface area contributed by atoms with Crippen molar-refractivity contribution < 1.29 is 4.42 Å². The first-order valence-corrected chi connectivity index (χ1v) is 23.8. The zero-order valence-corrected chi connectivity index (χ0v) is 38.2. The zero-order valence-electron chi connectivity index (χ0n) is 38.2. The molecule has 0 atom stereocenters. The first-order chi connectivity index (χ1) is 34.7. The van der Waals surface area contributed by atoms with E-state index in [9.17, 15) is 0 Å². The maximum absolute atomic E-state index is 6.22. The van der Waals surface area contributed by atoms with Crippen molar-refractivity contribution in [1.82, 2.24) is 4.57 Å². The molecule has 11 aromatic carbocycles. The second kappa shape index (κ2) is 17.4. The largest absolute Gasteiger partial charge is 0.456 e. The van der Waals surface area contributed by atoms with Crippen LogP contribution in [0.3, 0.4) is 0 Å². The number of furan rings is 1. The van der Waals surface area contributed by atoms with Gasteiger partial charge in [-0.2, -0.15) is 0 Å². The molecular formula is C66H45N3O. The minimum absolute atomic E-state index is 0.882. The summed E-state index contributed by atoms with van der Waals surface area (Å²) in [5, 5.41) is 4.65. The van der Waals surface area contributed by atoms with Crippen molar-refractivity contribution in [3.05, 3.63) is 273 Å². The molecule has 0 radical (unpaired) electrons. The third kappa shape index (κ3) is 7.36. The van der Waals surface area contributed by atoms with Crippen LogP contribution in [0.25, 0.3) is 82.8 Å². The summed E-state index contributed by atoms with van der Waals surface area (Å²) in [4.78, 5) is 4.68. The Kier molecular flexibility index (Phi) is 10.1. The summed E-state index contributed by atoms with van der Waals surface area (Å²) in [5.74, 6) is 0. The van der Waals surface area contributed by atoms with Gasteiger partial charge in [0.2, 0.25) is 0 Å². The Morgan fingerprint density at radius 3 is 1.23 bits per heavy atom. The summed E-state index contributed by atoms with van der Waals surface area (Å²) < 4.78 is 8.58. The Balaban J connectivity index is 0.879. The molecule has 70 heavy (non-hydrogen) atoms. The zero-order chi connectivity index (χ0) is 46.4. The van der Waals surface area contributed by atoms with Crippen LogP contribution in [0.4, 0.5) is 34.1 Å². The minimum atomic E-state index is 0.882. The van der Waals surface area contributed by atoms with Crippen molar-refractivity contribution in [3.63, 3.8) is 0 Å². The molecule has 2 heterocycles. The van der Waals surface area contributed by atoms with Gasteiger partial charge in [0.1, 0.15) is 11.2 Å². The van der Waals surface area contributed by atoms with Gasteiger partial charge in [0.25, 0.3) is 0 Å². The summed E-state index contributed by atoms with van der Waals surface area (Å²) >= 11 is 0. The van der Waals surface area contributed by atoms with Crippen LogP contribution in [0.15, 0.2) is 277 Å². The maximum atomic E-state index is 6.22. The number of rotatable bonds is 10. The van der Waals surface area contributed by atoms with E-state index in [-0.39, 0.29) is 0 Å². The van der Waals surface area contributed by atoms with Crippen LogP contribution < -0.4 is 9.80 Å². The highest BCUT2D eigenvalue weighted by molar-refractivity contribution is 6.11. The Bertz CT molecular complexity index is 3970. The average molecular weight is 896 g/mol. The van der Waals surface area contributed by atoms with E-state index in [1.165, 1.54) is 32.9 Å². The van der Waals surface area contributed by atoms with Gasteiger partial charge in [-0.1, -0.05) is 146 Å². The van der Waals surface area contributed by atoms with Crippen LogP contribution in [0.1, 0.15) is 0 Å². The lowest BCUT2D eigenvalue weighted by Crippen LogP contribution is -2.09. The van der Waals surface area contributed by atoms with Gasteiger partial charge in [-0.3, -0.25) is 0 Å². The third-order valence-corrected chi connectivity index (χ3v) is 13.5. The third-order valence-electron chi connectivity index (χ3n) is 13.5. The summed E-state index contributed by atoms with van der Waals surface area (Å²) in [6.45, 7) is 0. The van der Waals surface area contributed by atoms with E-state index in [0.717, 1.165) is 84.0 Å². The molecule has 0 aliphatic carbocycles. The van der Waals surface area contributed by atoms with Crippen LogP contribution in [0.5, 0.6) is 0 Å². The van der Waals surface area contributed by atoms with E-state index >= 15 is 0 Å². The summed E-state index contributed by atoms with van der Waals surface area (Å²) in [5.41, 5.74) is 18.7. The fourth-order valence-corrected chi connectivity index (χ4v) is 10.2. The summed E-state index contributed by atoms with van der Waals surface area (Å²) in [7, 11) is 0. The molecule has 13 rings (SSSR count). The number of fused-ring (bicyclic) bond motifs is 6. The first-order valence-electron chi connectivity index (χ1n) is 23.8. The number of benzene rings is 11. The quantitative estimate of drug-likeness (QED) is 0.137. The number of aromatic nitrogens is 1. The van der Waals surface area contributed by atoms with Crippen LogP contribution >= 0.6 is 0 Å². The normalized spacial score (nSPS) is 11.4. The topological polar surface area (TPSA) is 24.6 Å². The standard InChI is InChI=1S/C66H45N3O/c1-5-17-46(18-6-1)49-41-50(43-51(42-49)48-31-35-56(36-32-48)68(53-21-9-3-10-22-53)58-38-40-66-62(45-58)60-26-14-16-28-65(60)70-66)47-29-33-55(34-30-47)67(52-19-7-2-8-20-52)57-37-39-64-61(44-57)59-25-13-15-27-63(59)69(64)54-23-11-4-12-24-54/h1-45H. The van der Waals surface area contributed by atoms with Gasteiger partial charge < -0.3 is 18.8 Å². The molecule has 0 saturated heterocycles. The number of para-hydroxylation sites is 5. The molecule has 0 aliphatic heterocycles. The van der Waals surface area contributed by atoms with Crippen LogP contribution in [-0.2, 0) is 0 Å². The van der Waals surface area contributed by atoms with E-state index in [0.29, 0.717) is 0 Å². The van der Waals surface area contributed by atoms with Gasteiger partial charge in [-0.25, -0.2) is 0 Å². The molecule has 2 aromatic heterocycles. The number of hydrogen-bond acceptors (Lipinski definition) is 3. The molecule has 0 unspecified atom stereocenters. The Labute approximate surface area is 406 Å². The van der Waals surface area contributed by atoms with Crippen LogP contribution in [0.2, 0.25) is 0 Å². The van der Waals surface area contributed by atoms with E-state index in [1.807, 2.05) is 12.1 Å². The number of nitrogens with zero attached hydrogens (tertiary/aromatic N) is 3. The predicted molar refractivity (Wildman–Crippen MR) is 294 cm³/mol. The van der Waals surface area contributed by atoms with E-state index < -0.39 is 0 Å². The van der Waals surface area contributed by atoms with E-state index in [1.54, 1.807) is 0 Å². The smallest absolute Gasteiger partial charge is 0.135 e. The molecule has 330 valence electrons. The van der Waals surface area contributed by atoms with Crippen molar-refractivity contribution in [3.8, 4) is 39.1 Å². The molecule has 13 aromatic rings. The molecule has 0 aliphatic rings. The van der Waals surface area contributed by atoms with E-state index in [4.69, 9.17) is 4.42 Å². The number of hydrogen-bond donors (Lipinski definition) is 0. The Morgan fingerprint density at radius 1 is 0.243 bits per heavy atom. The first kappa shape index (κ1) is 40.9. The van der Waals surface area contributed by atoms with Gasteiger partial charge >= 0.3 is 0 Å². The monoisotopic (exact) mass is 895 g/mol. The van der Waals surface area contributed by atoms with Gasteiger partial charge in [0.15, 0.2) is 0 Å². The Morgan fingerprint density at radius 2 is 0.643 bits per heavy atom. The SMILES string of the molecule is c1ccc(-c2cc(-c3ccc(N(c4ccccc4)c4ccc5oc6ccccc6c5c4)cc3)cc(-c3ccc(N(c4ccccc4)c4ccc5c(c4)c4ccccc4n5-c4ccccc4)cc3)c2)cc1. The molecule has 0 amide bonds. The second-order valence-electron chi connectivity index (χ2n) is 17.8. The van der Waals surface area contributed by atoms with Gasteiger partial charge in [-0.15, -0.1) is 0 Å². The lowest BCUT2D eigenvalue weighted by Gasteiger charge is -2.26. The molecule has 0 N–H and O–H groups in total. The average Bonchev–Trinajstić information content (AvgIpc) is 3.98. The lowest BCUT2D eigenvalue weighted by molar-refractivity contribution is 0.669. The Hall–Kier alpha value is -9.38.